The summed E-state index contributed by atoms with van der Waals surface area (Å²) in [6, 6.07) is 10.7. The second kappa shape index (κ2) is 10.0. The Morgan fingerprint density at radius 1 is 1.17 bits per heavy atom. The van der Waals surface area contributed by atoms with Crippen molar-refractivity contribution in [3.05, 3.63) is 48.4 Å². The van der Waals surface area contributed by atoms with Crippen LogP contribution in [0, 0.1) is 0 Å². The molecule has 2 heterocycles. The van der Waals surface area contributed by atoms with Gasteiger partial charge in [0.15, 0.2) is 0 Å². The summed E-state index contributed by atoms with van der Waals surface area (Å²) in [5, 5.41) is 8.79. The van der Waals surface area contributed by atoms with Gasteiger partial charge in [0.1, 0.15) is 11.8 Å². The molecule has 1 aliphatic rings. The minimum atomic E-state index is -0.304. The van der Waals surface area contributed by atoms with Crippen LogP contribution in [-0.4, -0.2) is 35.5 Å². The molecular formula is C22H30N4O3. The SMILES string of the molecule is CCC1CCCCN1C(=O)C(C)Nc1ccc(NC(=O)NCc2ccco2)cc1. The first kappa shape index (κ1) is 20.8. The van der Waals surface area contributed by atoms with Crippen LogP contribution in [0.25, 0.3) is 0 Å². The number of nitrogens with zero attached hydrogens (tertiary/aromatic N) is 1. The minimum Gasteiger partial charge on any atom is -0.467 e. The van der Waals surface area contributed by atoms with Gasteiger partial charge in [0, 0.05) is 24.0 Å². The molecule has 3 rings (SSSR count). The van der Waals surface area contributed by atoms with Crippen LogP contribution in [0.15, 0.2) is 47.1 Å². The Kier molecular flexibility index (Phi) is 7.16. The lowest BCUT2D eigenvalue weighted by Gasteiger charge is -2.37. The topological polar surface area (TPSA) is 86.6 Å². The molecule has 2 atom stereocenters. The summed E-state index contributed by atoms with van der Waals surface area (Å²) in [6.07, 6.45) is 5.95. The fraction of sp³-hybridized carbons (Fsp3) is 0.455. The van der Waals surface area contributed by atoms with E-state index in [0.717, 1.165) is 31.5 Å². The first-order valence-corrected chi connectivity index (χ1v) is 10.3. The summed E-state index contributed by atoms with van der Waals surface area (Å²) >= 11 is 0. The van der Waals surface area contributed by atoms with Crippen LogP contribution in [0.2, 0.25) is 0 Å². The summed E-state index contributed by atoms with van der Waals surface area (Å²) < 4.78 is 5.18. The third-order valence-electron chi connectivity index (χ3n) is 5.28. The number of likely N-dealkylation sites (tertiary alicyclic amines) is 1. The molecule has 0 saturated carbocycles. The number of piperidine rings is 1. The monoisotopic (exact) mass is 398 g/mol. The van der Waals surface area contributed by atoms with E-state index < -0.39 is 0 Å². The molecule has 0 aliphatic carbocycles. The number of hydrogen-bond donors (Lipinski definition) is 3. The van der Waals surface area contributed by atoms with E-state index in [9.17, 15) is 9.59 Å². The molecular weight excluding hydrogens is 368 g/mol. The molecule has 2 unspecified atom stereocenters. The lowest BCUT2D eigenvalue weighted by atomic mass is 9.99. The number of benzene rings is 1. The Bertz CT molecular complexity index is 789. The van der Waals surface area contributed by atoms with Crippen molar-refractivity contribution < 1.29 is 14.0 Å². The van der Waals surface area contributed by atoms with Crippen LogP contribution in [0.4, 0.5) is 16.2 Å². The summed E-state index contributed by atoms with van der Waals surface area (Å²) in [5.74, 6) is 0.841. The zero-order valence-corrected chi connectivity index (χ0v) is 17.1. The average Bonchev–Trinajstić information content (AvgIpc) is 3.27. The molecule has 7 heteroatoms. The normalized spacial score (nSPS) is 17.4. The van der Waals surface area contributed by atoms with Gasteiger partial charge in [0.25, 0.3) is 0 Å². The van der Waals surface area contributed by atoms with Crippen LogP contribution in [0.3, 0.4) is 0 Å². The average molecular weight is 399 g/mol. The van der Waals surface area contributed by atoms with Gasteiger partial charge >= 0.3 is 6.03 Å². The van der Waals surface area contributed by atoms with E-state index >= 15 is 0 Å². The number of urea groups is 1. The maximum absolute atomic E-state index is 12.8. The van der Waals surface area contributed by atoms with Crippen molar-refractivity contribution in [3.63, 3.8) is 0 Å². The number of furan rings is 1. The molecule has 7 nitrogen and oxygen atoms in total. The van der Waals surface area contributed by atoms with Gasteiger partial charge in [-0.25, -0.2) is 4.79 Å². The van der Waals surface area contributed by atoms with Crippen LogP contribution in [-0.2, 0) is 11.3 Å². The number of carbonyl (C=O) groups is 2. The molecule has 1 saturated heterocycles. The van der Waals surface area contributed by atoms with Crippen LogP contribution >= 0.6 is 0 Å². The predicted octanol–water partition coefficient (Wildman–Crippen LogP) is 4.19. The van der Waals surface area contributed by atoms with E-state index in [1.165, 1.54) is 6.42 Å². The number of anilines is 2. The third kappa shape index (κ3) is 5.76. The first-order valence-electron chi connectivity index (χ1n) is 10.3. The van der Waals surface area contributed by atoms with Gasteiger partial charge in [-0.2, -0.15) is 0 Å². The number of amides is 3. The zero-order chi connectivity index (χ0) is 20.6. The van der Waals surface area contributed by atoms with Crippen molar-refractivity contribution in [2.75, 3.05) is 17.2 Å². The quantitative estimate of drug-likeness (QED) is 0.653. The summed E-state index contributed by atoms with van der Waals surface area (Å²) in [5.41, 5.74) is 1.52. The largest absolute Gasteiger partial charge is 0.467 e. The van der Waals surface area contributed by atoms with Gasteiger partial charge in [-0.1, -0.05) is 6.92 Å². The maximum Gasteiger partial charge on any atom is 0.319 e. The molecule has 1 aromatic heterocycles. The number of carbonyl (C=O) groups excluding carboxylic acids is 2. The van der Waals surface area contributed by atoms with Gasteiger partial charge in [-0.05, 0) is 69.0 Å². The Hall–Kier alpha value is -2.96. The van der Waals surface area contributed by atoms with Gasteiger partial charge in [-0.15, -0.1) is 0 Å². The molecule has 0 radical (unpaired) electrons. The lowest BCUT2D eigenvalue weighted by molar-refractivity contribution is -0.135. The van der Waals surface area contributed by atoms with E-state index in [-0.39, 0.29) is 18.0 Å². The first-order chi connectivity index (χ1) is 14.1. The molecule has 0 bridgehead atoms. The Balaban J connectivity index is 1.49. The molecule has 1 aromatic carbocycles. The Labute approximate surface area is 171 Å². The highest BCUT2D eigenvalue weighted by atomic mass is 16.3. The molecule has 29 heavy (non-hydrogen) atoms. The van der Waals surface area contributed by atoms with E-state index in [1.807, 2.05) is 36.1 Å². The lowest BCUT2D eigenvalue weighted by Crippen LogP contribution is -2.49. The molecule has 3 N–H and O–H groups in total. The molecule has 1 fully saturated rings. The fourth-order valence-corrected chi connectivity index (χ4v) is 3.68. The van der Waals surface area contributed by atoms with Crippen LogP contribution in [0.1, 0.15) is 45.3 Å². The van der Waals surface area contributed by atoms with E-state index in [0.29, 0.717) is 24.0 Å². The smallest absolute Gasteiger partial charge is 0.319 e. The number of hydrogen-bond acceptors (Lipinski definition) is 4. The maximum atomic E-state index is 12.8. The van der Waals surface area contributed by atoms with Gasteiger partial charge in [-0.3, -0.25) is 4.79 Å². The Morgan fingerprint density at radius 3 is 2.62 bits per heavy atom. The standard InChI is InChI=1S/C22H30N4O3/c1-3-19-7-4-5-13-26(19)21(27)16(2)24-17-9-11-18(12-10-17)25-22(28)23-15-20-8-6-14-29-20/h6,8-12,14,16,19,24H,3-5,7,13,15H2,1-2H3,(H2,23,25,28). The summed E-state index contributed by atoms with van der Waals surface area (Å²) in [7, 11) is 0. The van der Waals surface area contributed by atoms with Crippen molar-refractivity contribution in [2.45, 2.75) is 58.2 Å². The summed E-state index contributed by atoms with van der Waals surface area (Å²) in [6.45, 7) is 5.22. The van der Waals surface area contributed by atoms with Crippen molar-refractivity contribution in [3.8, 4) is 0 Å². The van der Waals surface area contributed by atoms with Crippen molar-refractivity contribution >= 4 is 23.3 Å². The highest BCUT2D eigenvalue weighted by molar-refractivity contribution is 5.89. The van der Waals surface area contributed by atoms with Crippen molar-refractivity contribution in [1.82, 2.24) is 10.2 Å². The Morgan fingerprint density at radius 2 is 1.93 bits per heavy atom. The van der Waals surface area contributed by atoms with Crippen LogP contribution in [0.5, 0.6) is 0 Å². The summed E-state index contributed by atoms with van der Waals surface area (Å²) in [4.78, 5) is 26.8. The second-order valence-electron chi connectivity index (χ2n) is 7.42. The van der Waals surface area contributed by atoms with Gasteiger partial charge in [0.05, 0.1) is 12.8 Å². The second-order valence-corrected chi connectivity index (χ2v) is 7.42. The predicted molar refractivity (Wildman–Crippen MR) is 114 cm³/mol. The van der Waals surface area contributed by atoms with E-state index in [2.05, 4.69) is 22.9 Å². The van der Waals surface area contributed by atoms with E-state index in [4.69, 9.17) is 4.42 Å². The minimum absolute atomic E-state index is 0.149. The van der Waals surface area contributed by atoms with Gasteiger partial charge < -0.3 is 25.3 Å². The molecule has 1 aliphatic heterocycles. The molecule has 3 amide bonds. The molecule has 0 spiro atoms. The van der Waals surface area contributed by atoms with Crippen molar-refractivity contribution in [2.24, 2.45) is 0 Å². The third-order valence-corrected chi connectivity index (χ3v) is 5.28. The fourth-order valence-electron chi connectivity index (χ4n) is 3.68. The zero-order valence-electron chi connectivity index (χ0n) is 17.1. The highest BCUT2D eigenvalue weighted by Crippen LogP contribution is 2.21. The van der Waals surface area contributed by atoms with Gasteiger partial charge in [0.2, 0.25) is 5.91 Å². The van der Waals surface area contributed by atoms with Crippen molar-refractivity contribution in [1.29, 1.82) is 0 Å². The van der Waals surface area contributed by atoms with Crippen LogP contribution < -0.4 is 16.0 Å². The number of nitrogens with one attached hydrogen (secondary N) is 3. The molecule has 2 aromatic rings. The van der Waals surface area contributed by atoms with E-state index in [1.54, 1.807) is 18.4 Å². The number of rotatable bonds is 7. The molecule has 156 valence electrons. The highest BCUT2D eigenvalue weighted by Gasteiger charge is 2.28.